The second-order valence-corrected chi connectivity index (χ2v) is 8.16. The average molecular weight is 562 g/mol. The lowest BCUT2D eigenvalue weighted by Gasteiger charge is -2.36. The third-order valence-corrected chi connectivity index (χ3v) is 6.31. The number of nitrogens with one attached hydrogen (secondary N) is 1. The minimum absolute atomic E-state index is 0. The number of rotatable bonds is 6. The van der Waals surface area contributed by atoms with Crippen molar-refractivity contribution in [3.8, 4) is 5.75 Å². The van der Waals surface area contributed by atoms with Gasteiger partial charge < -0.3 is 19.7 Å². The highest BCUT2D eigenvalue weighted by atomic mass is 127. The summed E-state index contributed by atoms with van der Waals surface area (Å²) < 4.78 is 10.9. The Hall–Kier alpha value is -2.10. The van der Waals surface area contributed by atoms with Crippen LogP contribution in [0.2, 0.25) is 0 Å². The maximum Gasteiger partial charge on any atom is 0.194 e. The van der Waals surface area contributed by atoms with Crippen LogP contribution in [0.1, 0.15) is 23.6 Å². The molecule has 2 aliphatic rings. The van der Waals surface area contributed by atoms with Gasteiger partial charge in [-0.2, -0.15) is 0 Å². The first-order valence-electron chi connectivity index (χ1n) is 11.4. The van der Waals surface area contributed by atoms with E-state index < -0.39 is 0 Å². The van der Waals surface area contributed by atoms with E-state index in [4.69, 9.17) is 9.47 Å². The van der Waals surface area contributed by atoms with E-state index in [9.17, 15) is 0 Å². The van der Waals surface area contributed by atoms with E-state index >= 15 is 0 Å². The number of hydrogen-bond donors (Lipinski definition) is 1. The number of hydrogen-bond acceptors (Lipinski definition) is 4. The summed E-state index contributed by atoms with van der Waals surface area (Å²) in [5.74, 6) is 1.84. The summed E-state index contributed by atoms with van der Waals surface area (Å²) in [6, 6.07) is 19.3. The van der Waals surface area contributed by atoms with Crippen LogP contribution in [0.3, 0.4) is 0 Å². The number of aliphatic imine (C=N–C) groups is 1. The Labute approximate surface area is 214 Å². The summed E-state index contributed by atoms with van der Waals surface area (Å²) in [4.78, 5) is 9.41. The molecule has 4 rings (SSSR count). The van der Waals surface area contributed by atoms with Crippen molar-refractivity contribution in [1.82, 2.24) is 15.1 Å². The van der Waals surface area contributed by atoms with E-state index in [-0.39, 0.29) is 30.0 Å². The number of ether oxygens (including phenoxy) is 2. The number of morpholine rings is 1. The zero-order valence-electron chi connectivity index (χ0n) is 19.6. The van der Waals surface area contributed by atoms with Crippen molar-refractivity contribution < 1.29 is 9.47 Å². The number of methoxy groups -OCH3 is 1. The second-order valence-electron chi connectivity index (χ2n) is 8.16. The molecule has 0 aliphatic carbocycles. The van der Waals surface area contributed by atoms with Gasteiger partial charge in [0.25, 0.3) is 0 Å². The molecule has 0 bridgehead atoms. The molecule has 1 atom stereocenters. The zero-order valence-corrected chi connectivity index (χ0v) is 21.9. The molecule has 2 aliphatic heterocycles. The highest BCUT2D eigenvalue weighted by Crippen LogP contribution is 2.25. The van der Waals surface area contributed by atoms with Gasteiger partial charge in [-0.25, -0.2) is 0 Å². The van der Waals surface area contributed by atoms with Crippen molar-refractivity contribution in [3.05, 3.63) is 71.8 Å². The summed E-state index contributed by atoms with van der Waals surface area (Å²) in [6.45, 7) is 6.05. The first-order chi connectivity index (χ1) is 15.8. The van der Waals surface area contributed by atoms with Crippen molar-refractivity contribution in [2.75, 3.05) is 60.1 Å². The van der Waals surface area contributed by atoms with E-state index in [1.165, 1.54) is 16.7 Å². The van der Waals surface area contributed by atoms with Crippen molar-refractivity contribution >= 4 is 35.5 Å². The van der Waals surface area contributed by atoms with Crippen molar-refractivity contribution in [2.45, 2.75) is 12.5 Å². The maximum atomic E-state index is 5.59. The normalized spacial score (nSPS) is 18.2. The SMILES string of the molecule is CN=C(NCC(c1ccc(OC)cc1)N1CCOCC1)N1CC=C(c2ccccc2)CC1.I. The van der Waals surface area contributed by atoms with E-state index in [0.29, 0.717) is 0 Å². The Morgan fingerprint density at radius 3 is 2.39 bits per heavy atom. The van der Waals surface area contributed by atoms with Gasteiger partial charge in [0.05, 0.1) is 26.4 Å². The fourth-order valence-corrected chi connectivity index (χ4v) is 4.47. The second kappa shape index (κ2) is 13.0. The Kier molecular flexibility index (Phi) is 10.0. The molecule has 0 amide bonds. The predicted molar refractivity (Wildman–Crippen MR) is 146 cm³/mol. The molecule has 1 unspecified atom stereocenters. The number of guanidine groups is 1. The summed E-state index contributed by atoms with van der Waals surface area (Å²) in [5.41, 5.74) is 4.02. The highest BCUT2D eigenvalue weighted by Gasteiger charge is 2.24. The molecule has 1 fully saturated rings. The molecule has 178 valence electrons. The van der Waals surface area contributed by atoms with Crippen molar-refractivity contribution in [1.29, 1.82) is 0 Å². The molecule has 0 spiro atoms. The molecule has 2 aromatic rings. The van der Waals surface area contributed by atoms with Crippen LogP contribution in [0.5, 0.6) is 5.75 Å². The van der Waals surface area contributed by atoms with Gasteiger partial charge >= 0.3 is 0 Å². The Balaban J connectivity index is 0.00000306. The van der Waals surface area contributed by atoms with Crippen LogP contribution in [-0.4, -0.2) is 75.9 Å². The molecule has 6 nitrogen and oxygen atoms in total. The number of nitrogens with zero attached hydrogens (tertiary/aromatic N) is 3. The van der Waals surface area contributed by atoms with E-state index in [1.807, 2.05) is 19.2 Å². The molecular formula is C26H35IN4O2. The van der Waals surface area contributed by atoms with Gasteiger partial charge in [0.1, 0.15) is 5.75 Å². The van der Waals surface area contributed by atoms with Crippen LogP contribution < -0.4 is 10.1 Å². The van der Waals surface area contributed by atoms with Crippen molar-refractivity contribution in [2.24, 2.45) is 4.99 Å². The first-order valence-corrected chi connectivity index (χ1v) is 11.4. The Morgan fingerprint density at radius 2 is 1.79 bits per heavy atom. The Bertz CT molecular complexity index is 912. The monoisotopic (exact) mass is 562 g/mol. The van der Waals surface area contributed by atoms with Gasteiger partial charge in [0.15, 0.2) is 5.96 Å². The fourth-order valence-electron chi connectivity index (χ4n) is 4.47. The predicted octanol–water partition coefficient (Wildman–Crippen LogP) is 4.05. The lowest BCUT2D eigenvalue weighted by molar-refractivity contribution is 0.0169. The quantitative estimate of drug-likeness (QED) is 0.327. The first kappa shape index (κ1) is 25.5. The molecule has 0 saturated carbocycles. The summed E-state index contributed by atoms with van der Waals surface area (Å²) in [7, 11) is 3.58. The molecule has 1 saturated heterocycles. The molecular weight excluding hydrogens is 527 g/mol. The largest absolute Gasteiger partial charge is 0.497 e. The van der Waals surface area contributed by atoms with Gasteiger partial charge in [-0.3, -0.25) is 9.89 Å². The fraction of sp³-hybridized carbons (Fsp3) is 0.423. The van der Waals surface area contributed by atoms with Crippen LogP contribution in [0.4, 0.5) is 0 Å². The molecule has 1 N–H and O–H groups in total. The van der Waals surface area contributed by atoms with Gasteiger partial charge in [-0.1, -0.05) is 48.5 Å². The number of benzene rings is 2. The smallest absolute Gasteiger partial charge is 0.194 e. The summed E-state index contributed by atoms with van der Waals surface area (Å²) in [6.07, 6.45) is 3.35. The zero-order chi connectivity index (χ0) is 22.2. The topological polar surface area (TPSA) is 49.3 Å². The summed E-state index contributed by atoms with van der Waals surface area (Å²) >= 11 is 0. The highest BCUT2D eigenvalue weighted by molar-refractivity contribution is 14.0. The molecule has 33 heavy (non-hydrogen) atoms. The molecule has 0 aromatic heterocycles. The van der Waals surface area contributed by atoms with Crippen LogP contribution in [0.25, 0.3) is 5.57 Å². The number of halogens is 1. The van der Waals surface area contributed by atoms with E-state index in [2.05, 4.69) is 68.6 Å². The summed E-state index contributed by atoms with van der Waals surface area (Å²) in [5, 5.41) is 3.65. The van der Waals surface area contributed by atoms with E-state index in [0.717, 1.165) is 64.1 Å². The van der Waals surface area contributed by atoms with Crippen LogP contribution >= 0.6 is 24.0 Å². The van der Waals surface area contributed by atoms with Gasteiger partial charge in [0, 0.05) is 39.8 Å². The molecule has 7 heteroatoms. The molecule has 2 aromatic carbocycles. The standard InChI is InChI=1S/C26H34N4O2.HI/c1-27-26(30-14-12-22(13-15-30)21-6-4-3-5-7-21)28-20-25(29-16-18-32-19-17-29)23-8-10-24(31-2)11-9-23;/h3-12,25H,13-20H2,1-2H3,(H,27,28);1H. The van der Waals surface area contributed by atoms with Crippen LogP contribution in [0, 0.1) is 0 Å². The third kappa shape index (κ3) is 6.71. The molecule has 2 heterocycles. The van der Waals surface area contributed by atoms with Crippen LogP contribution in [0.15, 0.2) is 65.7 Å². The minimum atomic E-state index is 0. The van der Waals surface area contributed by atoms with Gasteiger partial charge in [0.2, 0.25) is 0 Å². The minimum Gasteiger partial charge on any atom is -0.497 e. The van der Waals surface area contributed by atoms with Crippen molar-refractivity contribution in [3.63, 3.8) is 0 Å². The lowest BCUT2D eigenvalue weighted by atomic mass is 10.00. The third-order valence-electron chi connectivity index (χ3n) is 6.31. The van der Waals surface area contributed by atoms with Crippen LogP contribution in [-0.2, 0) is 4.74 Å². The van der Waals surface area contributed by atoms with Gasteiger partial charge in [-0.05, 0) is 35.3 Å². The van der Waals surface area contributed by atoms with Gasteiger partial charge in [-0.15, -0.1) is 24.0 Å². The Morgan fingerprint density at radius 1 is 1.06 bits per heavy atom. The maximum absolute atomic E-state index is 5.59. The molecule has 0 radical (unpaired) electrons. The lowest BCUT2D eigenvalue weighted by Crippen LogP contribution is -2.48. The van der Waals surface area contributed by atoms with E-state index in [1.54, 1.807) is 7.11 Å². The average Bonchev–Trinajstić information content (AvgIpc) is 2.88.